The SMILES string of the molecule is CCN(CC)CC.Nc1ccn([C@@H]2O[C@H](COP(=O)(O)OP(=O)(O)OP(=O)(O)O)[C@@H](O)[C@H]2O)c(=O)n1.[Hg]. The number of aliphatic hydroxyl groups is 2. The fourth-order valence-electron chi connectivity index (χ4n) is 2.86. The third-order valence-electron chi connectivity index (χ3n) is 4.62. The number of phosphoric ester groups is 1. The molecule has 0 amide bonds. The summed E-state index contributed by atoms with van der Waals surface area (Å²) < 4.78 is 50.8. The number of anilines is 1. The number of hydrogen-bond donors (Lipinski definition) is 7. The molecule has 22 heteroatoms. The predicted octanol–water partition coefficient (Wildman–Crippen LogP) is -0.866. The van der Waals surface area contributed by atoms with Gasteiger partial charge in [-0.25, -0.2) is 18.5 Å². The van der Waals surface area contributed by atoms with Crippen molar-refractivity contribution >= 4 is 29.3 Å². The molecule has 2 heterocycles. The maximum absolute atomic E-state index is 11.8. The van der Waals surface area contributed by atoms with Gasteiger partial charge in [-0.3, -0.25) is 9.09 Å². The van der Waals surface area contributed by atoms with Crippen LogP contribution in [-0.2, 0) is 59.2 Å². The molecule has 1 aliphatic heterocycles. The first-order valence-corrected chi connectivity index (χ1v) is 14.8. The van der Waals surface area contributed by atoms with Gasteiger partial charge in [-0.15, -0.1) is 0 Å². The predicted molar refractivity (Wildman–Crippen MR) is 122 cm³/mol. The van der Waals surface area contributed by atoms with Crippen molar-refractivity contribution in [2.45, 2.75) is 45.3 Å². The van der Waals surface area contributed by atoms with Crippen LogP contribution in [0.5, 0.6) is 0 Å². The van der Waals surface area contributed by atoms with Crippen LogP contribution in [0.1, 0.15) is 27.0 Å². The maximum Gasteiger partial charge on any atom is 0.490 e. The van der Waals surface area contributed by atoms with Crippen LogP contribution in [0.2, 0.25) is 0 Å². The molecular formula is C15H31HgN4O14P3. The fraction of sp³-hybridized carbons (Fsp3) is 0.733. The Morgan fingerprint density at radius 3 is 2.00 bits per heavy atom. The van der Waals surface area contributed by atoms with Gasteiger partial charge in [-0.05, 0) is 25.7 Å². The van der Waals surface area contributed by atoms with Crippen LogP contribution in [0.15, 0.2) is 17.1 Å². The van der Waals surface area contributed by atoms with Gasteiger partial charge in [0.2, 0.25) is 0 Å². The fourth-order valence-corrected chi connectivity index (χ4v) is 5.89. The molecule has 1 aromatic heterocycles. The van der Waals surface area contributed by atoms with E-state index in [1.165, 1.54) is 25.7 Å². The molecule has 0 radical (unpaired) electrons. The van der Waals surface area contributed by atoms with Gasteiger partial charge in [0.15, 0.2) is 6.23 Å². The van der Waals surface area contributed by atoms with Crippen LogP contribution in [-0.4, -0.2) is 88.8 Å². The van der Waals surface area contributed by atoms with E-state index in [2.05, 4.69) is 43.8 Å². The van der Waals surface area contributed by atoms with Crippen LogP contribution < -0.4 is 11.4 Å². The average Bonchev–Trinajstić information content (AvgIpc) is 3.00. The Bertz CT molecular complexity index is 1050. The Balaban J connectivity index is 0.00000142. The molecule has 1 fully saturated rings. The molecule has 0 aliphatic carbocycles. The van der Waals surface area contributed by atoms with E-state index in [-0.39, 0.29) is 33.5 Å². The van der Waals surface area contributed by atoms with E-state index < -0.39 is 60.3 Å². The van der Waals surface area contributed by atoms with E-state index in [1.807, 2.05) is 0 Å². The van der Waals surface area contributed by atoms with Crippen LogP contribution in [0.25, 0.3) is 0 Å². The molecule has 2 rings (SSSR count). The molecule has 18 nitrogen and oxygen atoms in total. The van der Waals surface area contributed by atoms with Gasteiger partial charge >= 0.3 is 29.2 Å². The van der Waals surface area contributed by atoms with Gasteiger partial charge in [0.25, 0.3) is 0 Å². The van der Waals surface area contributed by atoms with Crippen molar-refractivity contribution in [3.8, 4) is 0 Å². The third-order valence-corrected chi connectivity index (χ3v) is 8.43. The minimum atomic E-state index is -5.71. The number of ether oxygens (including phenoxy) is 1. The van der Waals surface area contributed by atoms with Crippen molar-refractivity contribution in [3.63, 3.8) is 0 Å². The van der Waals surface area contributed by atoms with Crippen molar-refractivity contribution in [3.05, 3.63) is 22.7 Å². The number of aliphatic hydroxyl groups excluding tert-OH is 2. The zero-order chi connectivity index (χ0) is 27.9. The zero-order valence-corrected chi connectivity index (χ0v) is 28.4. The number of hydrogen-bond acceptors (Lipinski definition) is 13. The summed E-state index contributed by atoms with van der Waals surface area (Å²) in [7, 11) is -16.7. The second kappa shape index (κ2) is 15.6. The maximum atomic E-state index is 11.8. The Morgan fingerprint density at radius 1 is 1.03 bits per heavy atom. The Hall–Kier alpha value is -0.135. The molecule has 1 aromatic rings. The van der Waals surface area contributed by atoms with Crippen LogP contribution in [0.4, 0.5) is 5.82 Å². The van der Waals surface area contributed by atoms with Crippen LogP contribution in [0.3, 0.4) is 0 Å². The molecule has 2 unspecified atom stereocenters. The minimum Gasteiger partial charge on any atom is -0.387 e. The first kappa shape index (κ1) is 36.9. The summed E-state index contributed by atoms with van der Waals surface area (Å²) in [5, 5.41) is 20.0. The summed E-state index contributed by atoms with van der Waals surface area (Å²) in [4.78, 5) is 52.9. The standard InChI is InChI=1S/C9H16N3O14P3.C6H15N.Hg/c10-5-1-2-12(9(15)11-5)8-7(14)6(13)4(24-8)3-23-28(19,20)26-29(21,22)25-27(16,17)18;1-4-7(5-2)6-3;/h1-2,4,6-8,13-14H,3H2,(H,19,20)(H,21,22)(H2,10,11,15)(H2,16,17,18);4-6H2,1-3H3;/t4-,6-,7-,8-;;/m1../s1. The minimum absolute atomic E-state index is 0. The second-order valence-corrected chi connectivity index (χ2v) is 11.5. The number of nitrogens with zero attached hydrogens (tertiary/aromatic N) is 3. The Labute approximate surface area is 232 Å². The van der Waals surface area contributed by atoms with E-state index >= 15 is 0 Å². The number of aromatic nitrogens is 2. The van der Waals surface area contributed by atoms with Crippen molar-refractivity contribution < 1.29 is 89.0 Å². The van der Waals surface area contributed by atoms with Crippen LogP contribution in [0, 0.1) is 0 Å². The molecule has 212 valence electrons. The average molecular weight is 785 g/mol. The molecule has 0 saturated carbocycles. The number of nitrogen functional groups attached to an aromatic ring is 1. The summed E-state index contributed by atoms with van der Waals surface area (Å²) >= 11 is 0. The molecule has 1 saturated heterocycles. The zero-order valence-electron chi connectivity index (χ0n) is 20.2. The second-order valence-electron chi connectivity index (χ2n) is 7.09. The molecular weight excluding hydrogens is 754 g/mol. The topological polar surface area (TPSA) is 274 Å². The van der Waals surface area contributed by atoms with E-state index in [1.54, 1.807) is 0 Å². The summed E-state index contributed by atoms with van der Waals surface area (Å²) in [5.74, 6) is -0.122. The van der Waals surface area contributed by atoms with Gasteiger partial charge in [0, 0.05) is 33.9 Å². The quantitative estimate of drug-likeness (QED) is 0.106. The van der Waals surface area contributed by atoms with E-state index in [0.29, 0.717) is 0 Å². The molecule has 0 bridgehead atoms. The van der Waals surface area contributed by atoms with Crippen molar-refractivity contribution in [2.24, 2.45) is 0 Å². The Morgan fingerprint density at radius 2 is 1.57 bits per heavy atom. The summed E-state index contributed by atoms with van der Waals surface area (Å²) in [6.45, 7) is 9.11. The van der Waals surface area contributed by atoms with Gasteiger partial charge in [-0.2, -0.15) is 13.6 Å². The van der Waals surface area contributed by atoms with Gasteiger partial charge in [-0.1, -0.05) is 20.8 Å². The summed E-state index contributed by atoms with van der Waals surface area (Å²) in [6.07, 6.45) is -5.38. The van der Waals surface area contributed by atoms with Crippen molar-refractivity contribution in [1.29, 1.82) is 0 Å². The van der Waals surface area contributed by atoms with Gasteiger partial charge in [0.1, 0.15) is 24.1 Å². The molecule has 8 N–H and O–H groups in total. The number of rotatable bonds is 11. The molecule has 1 aliphatic rings. The third kappa shape index (κ3) is 12.7. The van der Waals surface area contributed by atoms with E-state index in [0.717, 1.165) is 10.8 Å². The molecule has 0 spiro atoms. The van der Waals surface area contributed by atoms with Crippen LogP contribution >= 0.6 is 23.5 Å². The monoisotopic (exact) mass is 786 g/mol. The van der Waals surface area contributed by atoms with Crippen molar-refractivity contribution in [1.82, 2.24) is 14.5 Å². The first-order chi connectivity index (χ1) is 16.4. The molecule has 37 heavy (non-hydrogen) atoms. The van der Waals surface area contributed by atoms with Gasteiger partial charge < -0.3 is 45.2 Å². The van der Waals surface area contributed by atoms with Crippen molar-refractivity contribution in [2.75, 3.05) is 32.0 Å². The molecule has 6 atom stereocenters. The first-order valence-electron chi connectivity index (χ1n) is 10.3. The largest absolute Gasteiger partial charge is 0.490 e. The smallest absolute Gasteiger partial charge is 0.387 e. The van der Waals surface area contributed by atoms with E-state index in [4.69, 9.17) is 25.2 Å². The Kier molecular flexibility index (Phi) is 15.5. The van der Waals surface area contributed by atoms with Gasteiger partial charge in [0.05, 0.1) is 6.61 Å². The summed E-state index contributed by atoms with van der Waals surface area (Å²) in [5.41, 5.74) is 4.39. The molecule has 0 aromatic carbocycles. The number of nitrogens with two attached hydrogens (primary N) is 1. The van der Waals surface area contributed by atoms with E-state index in [9.17, 15) is 33.6 Å². The summed E-state index contributed by atoms with van der Waals surface area (Å²) in [6, 6.07) is 1.20. The number of phosphoric acid groups is 3. The normalized spacial score (nSPS) is 24.9.